The van der Waals surface area contributed by atoms with Crippen molar-refractivity contribution in [3.63, 3.8) is 0 Å². The van der Waals surface area contributed by atoms with Gasteiger partial charge in [-0.25, -0.2) is 0 Å². The molecule has 1 fully saturated rings. The molecule has 0 aromatic heterocycles. The summed E-state index contributed by atoms with van der Waals surface area (Å²) in [5, 5.41) is 3.17. The van der Waals surface area contributed by atoms with E-state index in [1.54, 1.807) is 0 Å². The monoisotopic (exact) mass is 290 g/mol. The second-order valence-electron chi connectivity index (χ2n) is 6.54. The standard InChI is InChI=1S/C17H26N2O2/c1-17(2,13-21-15-7-5-4-6-8-15)16(20)18-14-9-11-19(3)12-10-14/h4-8,14H,9-13H2,1-3H3,(H,18,20). The zero-order valence-electron chi connectivity index (χ0n) is 13.3. The van der Waals surface area contributed by atoms with Crippen LogP contribution in [0, 0.1) is 5.41 Å². The lowest BCUT2D eigenvalue weighted by Crippen LogP contribution is -2.49. The lowest BCUT2D eigenvalue weighted by Gasteiger charge is -2.32. The van der Waals surface area contributed by atoms with Crippen molar-refractivity contribution in [3.05, 3.63) is 30.3 Å². The van der Waals surface area contributed by atoms with Crippen LogP contribution in [0.5, 0.6) is 5.75 Å². The molecule has 1 aromatic rings. The molecule has 21 heavy (non-hydrogen) atoms. The Bertz CT molecular complexity index is 451. The summed E-state index contributed by atoms with van der Waals surface area (Å²) < 4.78 is 5.73. The van der Waals surface area contributed by atoms with Gasteiger partial charge in [-0.05, 0) is 59.0 Å². The van der Waals surface area contributed by atoms with Crippen molar-refractivity contribution in [2.24, 2.45) is 5.41 Å². The van der Waals surface area contributed by atoms with Gasteiger partial charge in [0.1, 0.15) is 12.4 Å². The van der Waals surface area contributed by atoms with Crippen LogP contribution in [0.4, 0.5) is 0 Å². The largest absolute Gasteiger partial charge is 0.492 e. The number of hydrogen-bond acceptors (Lipinski definition) is 3. The highest BCUT2D eigenvalue weighted by atomic mass is 16.5. The third kappa shape index (κ3) is 4.74. The zero-order chi connectivity index (χ0) is 15.3. The van der Waals surface area contributed by atoms with Gasteiger partial charge in [0.25, 0.3) is 0 Å². The number of likely N-dealkylation sites (tertiary alicyclic amines) is 1. The van der Waals surface area contributed by atoms with E-state index in [-0.39, 0.29) is 5.91 Å². The molecule has 0 atom stereocenters. The quantitative estimate of drug-likeness (QED) is 0.905. The Morgan fingerprint density at radius 1 is 1.29 bits per heavy atom. The lowest BCUT2D eigenvalue weighted by molar-refractivity contribution is -0.131. The second-order valence-corrected chi connectivity index (χ2v) is 6.54. The molecule has 0 unspecified atom stereocenters. The van der Waals surface area contributed by atoms with Gasteiger partial charge in [0.05, 0.1) is 5.41 Å². The van der Waals surface area contributed by atoms with Crippen molar-refractivity contribution >= 4 is 5.91 Å². The molecule has 116 valence electrons. The molecule has 1 N–H and O–H groups in total. The van der Waals surface area contributed by atoms with Gasteiger partial charge in [0.15, 0.2) is 0 Å². The molecule has 0 aliphatic carbocycles. The van der Waals surface area contributed by atoms with Crippen LogP contribution in [0.2, 0.25) is 0 Å². The summed E-state index contributed by atoms with van der Waals surface area (Å²) in [5.41, 5.74) is -0.529. The molecule has 0 spiro atoms. The number of nitrogens with one attached hydrogen (secondary N) is 1. The van der Waals surface area contributed by atoms with E-state index in [2.05, 4.69) is 17.3 Å². The van der Waals surface area contributed by atoms with Crippen molar-refractivity contribution in [3.8, 4) is 5.75 Å². The molecule has 1 amide bonds. The predicted molar refractivity (Wildman–Crippen MR) is 84.4 cm³/mol. The van der Waals surface area contributed by atoms with Gasteiger partial charge in [-0.2, -0.15) is 0 Å². The number of ether oxygens (including phenoxy) is 1. The van der Waals surface area contributed by atoms with E-state index >= 15 is 0 Å². The Morgan fingerprint density at radius 3 is 2.52 bits per heavy atom. The molecule has 0 saturated carbocycles. The van der Waals surface area contributed by atoms with Gasteiger partial charge < -0.3 is 15.0 Å². The smallest absolute Gasteiger partial charge is 0.229 e. The summed E-state index contributed by atoms with van der Waals surface area (Å²) in [6.07, 6.45) is 2.05. The van der Waals surface area contributed by atoms with E-state index in [1.807, 2.05) is 44.2 Å². The minimum atomic E-state index is -0.529. The van der Waals surface area contributed by atoms with Crippen LogP contribution >= 0.6 is 0 Å². The molecule has 1 heterocycles. The molecule has 1 aliphatic rings. The zero-order valence-corrected chi connectivity index (χ0v) is 13.3. The van der Waals surface area contributed by atoms with Crippen LogP contribution in [-0.2, 0) is 4.79 Å². The summed E-state index contributed by atoms with van der Waals surface area (Å²) in [4.78, 5) is 14.7. The summed E-state index contributed by atoms with van der Waals surface area (Å²) in [6, 6.07) is 9.92. The number of carbonyl (C=O) groups excluding carboxylic acids is 1. The normalized spacial score (nSPS) is 17.5. The number of piperidine rings is 1. The maximum Gasteiger partial charge on any atom is 0.229 e. The lowest BCUT2D eigenvalue weighted by atomic mass is 9.92. The number of carbonyl (C=O) groups is 1. The van der Waals surface area contributed by atoms with Gasteiger partial charge in [0.2, 0.25) is 5.91 Å². The highest BCUT2D eigenvalue weighted by Crippen LogP contribution is 2.20. The van der Waals surface area contributed by atoms with Crippen molar-refractivity contribution < 1.29 is 9.53 Å². The molecule has 4 nitrogen and oxygen atoms in total. The fourth-order valence-electron chi connectivity index (χ4n) is 2.38. The van der Waals surface area contributed by atoms with Crippen LogP contribution in [0.15, 0.2) is 30.3 Å². The van der Waals surface area contributed by atoms with Crippen molar-refractivity contribution in [2.45, 2.75) is 32.7 Å². The first-order chi connectivity index (χ1) is 9.97. The fraction of sp³-hybridized carbons (Fsp3) is 0.588. The first-order valence-electron chi connectivity index (χ1n) is 7.65. The molecular weight excluding hydrogens is 264 g/mol. The van der Waals surface area contributed by atoms with Crippen molar-refractivity contribution in [1.29, 1.82) is 0 Å². The average molecular weight is 290 g/mol. The Labute approximate surface area is 127 Å². The van der Waals surface area contributed by atoms with Gasteiger partial charge in [-0.15, -0.1) is 0 Å². The van der Waals surface area contributed by atoms with E-state index in [1.165, 1.54) is 0 Å². The molecule has 1 aliphatic heterocycles. The van der Waals surface area contributed by atoms with E-state index in [4.69, 9.17) is 4.74 Å². The number of para-hydroxylation sites is 1. The average Bonchev–Trinajstić information content (AvgIpc) is 2.48. The second kappa shape index (κ2) is 6.94. The van der Waals surface area contributed by atoms with Gasteiger partial charge in [0, 0.05) is 6.04 Å². The molecule has 0 radical (unpaired) electrons. The third-order valence-corrected chi connectivity index (χ3v) is 4.01. The van der Waals surface area contributed by atoms with Crippen LogP contribution in [0.3, 0.4) is 0 Å². The van der Waals surface area contributed by atoms with Crippen LogP contribution in [0.25, 0.3) is 0 Å². The summed E-state index contributed by atoms with van der Waals surface area (Å²) >= 11 is 0. The van der Waals surface area contributed by atoms with E-state index in [0.29, 0.717) is 12.6 Å². The summed E-state index contributed by atoms with van der Waals surface area (Å²) in [6.45, 7) is 6.34. The van der Waals surface area contributed by atoms with Gasteiger partial charge in [-0.3, -0.25) is 4.79 Å². The number of amides is 1. The Balaban J connectivity index is 1.82. The van der Waals surface area contributed by atoms with Gasteiger partial charge in [-0.1, -0.05) is 18.2 Å². The number of nitrogens with zero attached hydrogens (tertiary/aromatic N) is 1. The Hall–Kier alpha value is -1.55. The minimum Gasteiger partial charge on any atom is -0.492 e. The van der Waals surface area contributed by atoms with Gasteiger partial charge >= 0.3 is 0 Å². The van der Waals surface area contributed by atoms with E-state index in [0.717, 1.165) is 31.7 Å². The molecule has 1 saturated heterocycles. The topological polar surface area (TPSA) is 41.6 Å². The van der Waals surface area contributed by atoms with Crippen LogP contribution in [-0.4, -0.2) is 43.6 Å². The van der Waals surface area contributed by atoms with Crippen LogP contribution < -0.4 is 10.1 Å². The number of hydrogen-bond donors (Lipinski definition) is 1. The van der Waals surface area contributed by atoms with Crippen molar-refractivity contribution in [2.75, 3.05) is 26.7 Å². The number of benzene rings is 1. The molecule has 1 aromatic carbocycles. The molecule has 2 rings (SSSR count). The van der Waals surface area contributed by atoms with Crippen LogP contribution in [0.1, 0.15) is 26.7 Å². The van der Waals surface area contributed by atoms with E-state index in [9.17, 15) is 4.79 Å². The van der Waals surface area contributed by atoms with E-state index < -0.39 is 5.41 Å². The highest BCUT2D eigenvalue weighted by molar-refractivity contribution is 5.82. The maximum atomic E-state index is 12.4. The summed E-state index contributed by atoms with van der Waals surface area (Å²) in [5.74, 6) is 0.880. The summed E-state index contributed by atoms with van der Waals surface area (Å²) in [7, 11) is 2.12. The highest BCUT2D eigenvalue weighted by Gasteiger charge is 2.31. The predicted octanol–water partition coefficient (Wildman–Crippen LogP) is 2.30. The molecule has 4 heteroatoms. The molecular formula is C17H26N2O2. The Kier molecular flexibility index (Phi) is 5.23. The Morgan fingerprint density at radius 2 is 1.90 bits per heavy atom. The van der Waals surface area contributed by atoms with Crippen molar-refractivity contribution in [1.82, 2.24) is 10.2 Å². The maximum absolute atomic E-state index is 12.4. The minimum absolute atomic E-state index is 0.0768. The fourth-order valence-corrected chi connectivity index (χ4v) is 2.38. The first kappa shape index (κ1) is 15.8. The third-order valence-electron chi connectivity index (χ3n) is 4.01. The SMILES string of the molecule is CN1CCC(NC(=O)C(C)(C)COc2ccccc2)CC1. The molecule has 0 bridgehead atoms. The number of rotatable bonds is 5. The first-order valence-corrected chi connectivity index (χ1v) is 7.65.